The number of aromatic nitrogens is 2. The Morgan fingerprint density at radius 2 is 2.07 bits per heavy atom. The highest BCUT2D eigenvalue weighted by Crippen LogP contribution is 2.32. The Kier molecular flexibility index (Phi) is 4.75. The van der Waals surface area contributed by atoms with Gasteiger partial charge in [0, 0.05) is 49.1 Å². The van der Waals surface area contributed by atoms with Gasteiger partial charge in [-0.25, -0.2) is 4.39 Å². The molecule has 0 aliphatic carbocycles. The number of hydrogen-bond acceptors (Lipinski definition) is 4. The minimum atomic E-state index is -0.340. The van der Waals surface area contributed by atoms with Gasteiger partial charge in [-0.05, 0) is 37.0 Å². The van der Waals surface area contributed by atoms with E-state index in [9.17, 15) is 14.0 Å². The molecular formula is C20H20FN3O3. The van der Waals surface area contributed by atoms with Gasteiger partial charge in [-0.1, -0.05) is 11.2 Å². The Labute approximate surface area is 155 Å². The molecule has 1 N–H and O–H groups in total. The van der Waals surface area contributed by atoms with Crippen LogP contribution in [0.1, 0.15) is 36.4 Å². The standard InChI is InChI=1S/C20H20FN3O3/c21-15-3-4-16-17(11-15)27-23-20(16)14-7-9-24(10-8-14)19(26)6-2-13-1-5-18(25)22-12-13/h1,3-5,11-12,14H,2,6-10H2,(H,22,25). The van der Waals surface area contributed by atoms with E-state index in [0.717, 1.165) is 29.5 Å². The van der Waals surface area contributed by atoms with Crippen LogP contribution in [-0.2, 0) is 11.2 Å². The van der Waals surface area contributed by atoms with Gasteiger partial charge in [-0.15, -0.1) is 0 Å². The second-order valence-electron chi connectivity index (χ2n) is 6.92. The third kappa shape index (κ3) is 3.77. The molecule has 0 radical (unpaired) electrons. The number of rotatable bonds is 4. The van der Waals surface area contributed by atoms with E-state index in [2.05, 4.69) is 10.1 Å². The van der Waals surface area contributed by atoms with Crippen molar-refractivity contribution in [3.8, 4) is 0 Å². The molecule has 0 spiro atoms. The lowest BCUT2D eigenvalue weighted by atomic mass is 9.91. The number of pyridine rings is 1. The van der Waals surface area contributed by atoms with Crippen LogP contribution in [0.15, 0.2) is 45.8 Å². The predicted molar refractivity (Wildman–Crippen MR) is 97.9 cm³/mol. The summed E-state index contributed by atoms with van der Waals surface area (Å²) >= 11 is 0. The first-order valence-electron chi connectivity index (χ1n) is 9.10. The summed E-state index contributed by atoms with van der Waals surface area (Å²) in [5.41, 5.74) is 2.11. The fraction of sp³-hybridized carbons (Fsp3) is 0.350. The molecule has 1 aliphatic heterocycles. The van der Waals surface area contributed by atoms with Crippen LogP contribution >= 0.6 is 0 Å². The molecule has 27 heavy (non-hydrogen) atoms. The summed E-state index contributed by atoms with van der Waals surface area (Å²) in [6.45, 7) is 1.34. The van der Waals surface area contributed by atoms with Gasteiger partial charge in [-0.3, -0.25) is 9.59 Å². The summed E-state index contributed by atoms with van der Waals surface area (Å²) in [5, 5.41) is 4.99. The number of halogens is 1. The van der Waals surface area contributed by atoms with E-state index in [1.807, 2.05) is 4.90 Å². The van der Waals surface area contributed by atoms with Gasteiger partial charge in [0.1, 0.15) is 5.82 Å². The van der Waals surface area contributed by atoms with Crippen LogP contribution in [0.3, 0.4) is 0 Å². The monoisotopic (exact) mass is 369 g/mol. The summed E-state index contributed by atoms with van der Waals surface area (Å²) in [5.74, 6) is -0.0141. The zero-order valence-corrected chi connectivity index (χ0v) is 14.8. The minimum absolute atomic E-state index is 0.117. The van der Waals surface area contributed by atoms with Crippen molar-refractivity contribution in [2.24, 2.45) is 0 Å². The third-order valence-corrected chi connectivity index (χ3v) is 5.17. The highest BCUT2D eigenvalue weighted by atomic mass is 19.1. The van der Waals surface area contributed by atoms with Crippen molar-refractivity contribution in [1.29, 1.82) is 0 Å². The van der Waals surface area contributed by atoms with Gasteiger partial charge < -0.3 is 14.4 Å². The van der Waals surface area contributed by atoms with Crippen molar-refractivity contribution >= 4 is 16.9 Å². The lowest BCUT2D eigenvalue weighted by Crippen LogP contribution is -2.38. The summed E-state index contributed by atoms with van der Waals surface area (Å²) in [6.07, 6.45) is 4.30. The Balaban J connectivity index is 1.34. The number of piperidine rings is 1. The number of likely N-dealkylation sites (tertiary alicyclic amines) is 1. The normalized spacial score (nSPS) is 15.4. The smallest absolute Gasteiger partial charge is 0.247 e. The number of amides is 1. The highest BCUT2D eigenvalue weighted by Gasteiger charge is 2.27. The van der Waals surface area contributed by atoms with E-state index in [4.69, 9.17) is 4.52 Å². The molecule has 0 bridgehead atoms. The Morgan fingerprint density at radius 3 is 2.81 bits per heavy atom. The van der Waals surface area contributed by atoms with Crippen molar-refractivity contribution in [2.75, 3.05) is 13.1 Å². The lowest BCUT2D eigenvalue weighted by Gasteiger charge is -2.31. The van der Waals surface area contributed by atoms with E-state index in [-0.39, 0.29) is 23.2 Å². The van der Waals surface area contributed by atoms with Crippen molar-refractivity contribution < 1.29 is 13.7 Å². The Morgan fingerprint density at radius 1 is 1.26 bits per heavy atom. The zero-order valence-electron chi connectivity index (χ0n) is 14.8. The summed E-state index contributed by atoms with van der Waals surface area (Å²) in [4.78, 5) is 28.0. The second kappa shape index (κ2) is 7.34. The van der Waals surface area contributed by atoms with Crippen LogP contribution in [-0.4, -0.2) is 34.0 Å². The molecule has 3 heterocycles. The third-order valence-electron chi connectivity index (χ3n) is 5.17. The number of aryl methyl sites for hydroxylation is 1. The molecule has 1 aromatic carbocycles. The molecule has 1 saturated heterocycles. The first kappa shape index (κ1) is 17.5. The molecule has 1 aliphatic rings. The van der Waals surface area contributed by atoms with Crippen LogP contribution in [0.4, 0.5) is 4.39 Å². The molecule has 0 unspecified atom stereocenters. The quantitative estimate of drug-likeness (QED) is 0.767. The first-order chi connectivity index (χ1) is 13.1. The molecule has 0 saturated carbocycles. The number of carbonyl (C=O) groups excluding carboxylic acids is 1. The van der Waals surface area contributed by atoms with Crippen LogP contribution in [0, 0.1) is 5.82 Å². The van der Waals surface area contributed by atoms with Crippen LogP contribution in [0.25, 0.3) is 11.0 Å². The van der Waals surface area contributed by atoms with Crippen LogP contribution in [0.2, 0.25) is 0 Å². The number of aromatic amines is 1. The number of H-pyrrole nitrogens is 1. The SMILES string of the molecule is O=C(CCc1ccc(=O)[nH]c1)N1CCC(c2noc3cc(F)ccc23)CC1. The number of hydrogen-bond donors (Lipinski definition) is 1. The van der Waals surface area contributed by atoms with E-state index < -0.39 is 0 Å². The number of nitrogens with one attached hydrogen (secondary N) is 1. The molecule has 140 valence electrons. The first-order valence-corrected chi connectivity index (χ1v) is 9.10. The van der Waals surface area contributed by atoms with Crippen molar-refractivity contribution in [3.63, 3.8) is 0 Å². The molecule has 1 fully saturated rings. The number of carbonyl (C=O) groups is 1. The van der Waals surface area contributed by atoms with Crippen molar-refractivity contribution in [1.82, 2.24) is 15.0 Å². The molecule has 2 aromatic heterocycles. The Bertz CT molecular complexity index is 998. The van der Waals surface area contributed by atoms with Crippen molar-refractivity contribution in [2.45, 2.75) is 31.6 Å². The number of benzene rings is 1. The maximum Gasteiger partial charge on any atom is 0.247 e. The van der Waals surface area contributed by atoms with Crippen molar-refractivity contribution in [3.05, 3.63) is 64.0 Å². The van der Waals surface area contributed by atoms with Gasteiger partial charge in [0.2, 0.25) is 11.5 Å². The molecule has 7 heteroatoms. The molecule has 1 amide bonds. The number of nitrogens with zero attached hydrogens (tertiary/aromatic N) is 2. The van der Waals surface area contributed by atoms with Crippen LogP contribution < -0.4 is 5.56 Å². The van der Waals surface area contributed by atoms with E-state index in [1.165, 1.54) is 18.2 Å². The summed E-state index contributed by atoms with van der Waals surface area (Å²) in [6, 6.07) is 7.69. The predicted octanol–water partition coefficient (Wildman–Crippen LogP) is 2.99. The average molecular weight is 369 g/mol. The van der Waals surface area contributed by atoms with Gasteiger partial charge in [0.15, 0.2) is 5.58 Å². The van der Waals surface area contributed by atoms with E-state index in [1.54, 1.807) is 18.3 Å². The highest BCUT2D eigenvalue weighted by molar-refractivity contribution is 5.80. The largest absolute Gasteiger partial charge is 0.356 e. The average Bonchev–Trinajstić information content (AvgIpc) is 3.10. The maximum atomic E-state index is 13.3. The summed E-state index contributed by atoms with van der Waals surface area (Å²) < 4.78 is 18.6. The zero-order chi connectivity index (χ0) is 18.8. The molecule has 4 rings (SSSR count). The van der Waals surface area contributed by atoms with Gasteiger partial charge in [0.05, 0.1) is 5.69 Å². The topological polar surface area (TPSA) is 79.2 Å². The number of fused-ring (bicyclic) bond motifs is 1. The molecule has 6 nitrogen and oxygen atoms in total. The van der Waals surface area contributed by atoms with Gasteiger partial charge in [-0.2, -0.15) is 0 Å². The molecule has 3 aromatic rings. The van der Waals surface area contributed by atoms with E-state index in [0.29, 0.717) is 31.5 Å². The fourth-order valence-corrected chi connectivity index (χ4v) is 3.64. The van der Waals surface area contributed by atoms with Gasteiger partial charge in [0.25, 0.3) is 0 Å². The minimum Gasteiger partial charge on any atom is -0.356 e. The fourth-order valence-electron chi connectivity index (χ4n) is 3.64. The van der Waals surface area contributed by atoms with Crippen LogP contribution in [0.5, 0.6) is 0 Å². The Hall–Kier alpha value is -2.96. The molecular weight excluding hydrogens is 349 g/mol. The second-order valence-corrected chi connectivity index (χ2v) is 6.92. The lowest BCUT2D eigenvalue weighted by molar-refractivity contribution is -0.132. The van der Waals surface area contributed by atoms with Gasteiger partial charge >= 0.3 is 0 Å². The molecule has 0 atom stereocenters. The maximum absolute atomic E-state index is 13.3. The van der Waals surface area contributed by atoms with E-state index >= 15 is 0 Å². The summed E-state index contributed by atoms with van der Waals surface area (Å²) in [7, 11) is 0.